The molecule has 2 rings (SSSR count). The van der Waals surface area contributed by atoms with Gasteiger partial charge in [0.2, 0.25) is 0 Å². The number of nitrogens with zero attached hydrogens (tertiary/aromatic N) is 1. The molecule has 0 aromatic rings. The second-order valence-corrected chi connectivity index (χ2v) is 7.51. The highest BCUT2D eigenvalue weighted by atomic mass is 16.5. The predicted molar refractivity (Wildman–Crippen MR) is 89.7 cm³/mol. The van der Waals surface area contributed by atoms with Crippen LogP contribution in [0.1, 0.15) is 66.2 Å². The Labute approximate surface area is 131 Å². The first-order valence-corrected chi connectivity index (χ1v) is 9.20. The molecular weight excluding hydrogens is 260 g/mol. The summed E-state index contributed by atoms with van der Waals surface area (Å²) in [7, 11) is 0. The third-order valence-corrected chi connectivity index (χ3v) is 5.54. The van der Waals surface area contributed by atoms with Gasteiger partial charge in [-0.1, -0.05) is 27.7 Å². The zero-order valence-electron chi connectivity index (χ0n) is 14.7. The van der Waals surface area contributed by atoms with Gasteiger partial charge in [0, 0.05) is 25.2 Å². The molecule has 0 radical (unpaired) electrons. The monoisotopic (exact) mass is 296 g/mol. The fourth-order valence-electron chi connectivity index (χ4n) is 4.14. The summed E-state index contributed by atoms with van der Waals surface area (Å²) in [5.41, 5.74) is 0.149. The van der Waals surface area contributed by atoms with Crippen LogP contribution in [0, 0.1) is 5.92 Å². The quantitative estimate of drug-likeness (QED) is 0.841. The minimum Gasteiger partial charge on any atom is -0.375 e. The first-order valence-electron chi connectivity index (χ1n) is 9.20. The zero-order valence-corrected chi connectivity index (χ0v) is 14.7. The Hall–Kier alpha value is -0.120. The fraction of sp³-hybridized carbons (Fsp3) is 1.00. The molecule has 2 atom stereocenters. The van der Waals surface area contributed by atoms with E-state index < -0.39 is 0 Å². The van der Waals surface area contributed by atoms with Gasteiger partial charge in [0.1, 0.15) is 0 Å². The lowest BCUT2D eigenvalue weighted by atomic mass is 9.85. The largest absolute Gasteiger partial charge is 0.375 e. The molecule has 2 saturated heterocycles. The lowest BCUT2D eigenvalue weighted by Gasteiger charge is -2.44. The van der Waals surface area contributed by atoms with E-state index in [0.29, 0.717) is 6.04 Å². The summed E-state index contributed by atoms with van der Waals surface area (Å²) in [6, 6.07) is 1.40. The van der Waals surface area contributed by atoms with Crippen molar-refractivity contribution in [1.82, 2.24) is 10.2 Å². The van der Waals surface area contributed by atoms with Gasteiger partial charge >= 0.3 is 0 Å². The van der Waals surface area contributed by atoms with E-state index in [1.807, 2.05) is 0 Å². The molecule has 2 aliphatic rings. The van der Waals surface area contributed by atoms with Crippen LogP contribution in [-0.4, -0.2) is 48.8 Å². The number of rotatable bonds is 5. The number of ether oxygens (including phenoxy) is 1. The van der Waals surface area contributed by atoms with Crippen molar-refractivity contribution in [3.8, 4) is 0 Å². The van der Waals surface area contributed by atoms with Crippen molar-refractivity contribution >= 4 is 0 Å². The van der Waals surface area contributed by atoms with E-state index in [1.165, 1.54) is 45.3 Å². The van der Waals surface area contributed by atoms with Gasteiger partial charge < -0.3 is 10.1 Å². The Kier molecular flexibility index (Phi) is 6.51. The standard InChI is InChI=1S/C18H36N2O/c1-5-18(6-2)13-17(8-11-21-18)20-10-7-9-19-16(14-20)12-15(3)4/h15-17,19H,5-14H2,1-4H3. The SMILES string of the molecule is CCC1(CC)CC(N2CCCNC(CC(C)C)C2)CCO1. The van der Waals surface area contributed by atoms with E-state index >= 15 is 0 Å². The van der Waals surface area contributed by atoms with Gasteiger partial charge in [-0.15, -0.1) is 0 Å². The molecule has 0 saturated carbocycles. The molecule has 2 heterocycles. The third kappa shape index (κ3) is 4.67. The molecule has 3 heteroatoms. The van der Waals surface area contributed by atoms with Crippen LogP contribution in [0.3, 0.4) is 0 Å². The minimum absolute atomic E-state index is 0.149. The molecule has 0 aromatic carbocycles. The average molecular weight is 296 g/mol. The summed E-state index contributed by atoms with van der Waals surface area (Å²) < 4.78 is 6.17. The van der Waals surface area contributed by atoms with Crippen LogP contribution in [0.25, 0.3) is 0 Å². The summed E-state index contributed by atoms with van der Waals surface area (Å²) in [6.07, 6.45) is 7.34. The van der Waals surface area contributed by atoms with Crippen LogP contribution in [0.2, 0.25) is 0 Å². The maximum Gasteiger partial charge on any atom is 0.0692 e. The van der Waals surface area contributed by atoms with E-state index in [9.17, 15) is 0 Å². The number of hydrogen-bond acceptors (Lipinski definition) is 3. The summed E-state index contributed by atoms with van der Waals surface area (Å²) in [6.45, 7) is 13.9. The van der Waals surface area contributed by atoms with Crippen molar-refractivity contribution < 1.29 is 4.74 Å². The molecule has 2 unspecified atom stereocenters. The second kappa shape index (κ2) is 7.94. The van der Waals surface area contributed by atoms with Crippen molar-refractivity contribution in [3.05, 3.63) is 0 Å². The lowest BCUT2D eigenvalue weighted by Crippen LogP contribution is -2.50. The van der Waals surface area contributed by atoms with E-state index in [2.05, 4.69) is 37.9 Å². The van der Waals surface area contributed by atoms with Crippen molar-refractivity contribution in [3.63, 3.8) is 0 Å². The Morgan fingerprint density at radius 3 is 2.71 bits per heavy atom. The van der Waals surface area contributed by atoms with E-state index in [0.717, 1.165) is 31.4 Å². The summed E-state index contributed by atoms with van der Waals surface area (Å²) in [4.78, 5) is 2.77. The van der Waals surface area contributed by atoms with Gasteiger partial charge in [0.15, 0.2) is 0 Å². The van der Waals surface area contributed by atoms with Crippen LogP contribution in [0.5, 0.6) is 0 Å². The molecule has 0 amide bonds. The van der Waals surface area contributed by atoms with Gasteiger partial charge in [0.25, 0.3) is 0 Å². The molecule has 0 spiro atoms. The summed E-state index contributed by atoms with van der Waals surface area (Å²) in [5.74, 6) is 0.780. The van der Waals surface area contributed by atoms with Gasteiger partial charge in [-0.25, -0.2) is 0 Å². The molecule has 0 aromatic heterocycles. The van der Waals surface area contributed by atoms with E-state index in [1.54, 1.807) is 0 Å². The smallest absolute Gasteiger partial charge is 0.0692 e. The Bertz CT molecular complexity index is 302. The van der Waals surface area contributed by atoms with Crippen molar-refractivity contribution in [2.24, 2.45) is 5.92 Å². The van der Waals surface area contributed by atoms with Crippen LogP contribution < -0.4 is 5.32 Å². The minimum atomic E-state index is 0.149. The first-order chi connectivity index (χ1) is 10.1. The molecule has 0 bridgehead atoms. The highest BCUT2D eigenvalue weighted by Gasteiger charge is 2.37. The molecule has 2 fully saturated rings. The van der Waals surface area contributed by atoms with E-state index in [-0.39, 0.29) is 5.60 Å². The molecular formula is C18H36N2O. The maximum absolute atomic E-state index is 6.17. The lowest BCUT2D eigenvalue weighted by molar-refractivity contribution is -0.110. The van der Waals surface area contributed by atoms with Crippen LogP contribution in [0.4, 0.5) is 0 Å². The number of hydrogen-bond donors (Lipinski definition) is 1. The van der Waals surface area contributed by atoms with Crippen LogP contribution in [0.15, 0.2) is 0 Å². The molecule has 1 N–H and O–H groups in total. The average Bonchev–Trinajstić information content (AvgIpc) is 2.72. The molecule has 0 aliphatic carbocycles. The first kappa shape index (κ1) is 17.2. The maximum atomic E-state index is 6.17. The second-order valence-electron chi connectivity index (χ2n) is 7.51. The number of nitrogens with one attached hydrogen (secondary N) is 1. The highest BCUT2D eigenvalue weighted by molar-refractivity contribution is 4.91. The highest BCUT2D eigenvalue weighted by Crippen LogP contribution is 2.34. The normalized spacial score (nSPS) is 31.3. The summed E-state index contributed by atoms with van der Waals surface area (Å²) >= 11 is 0. The Morgan fingerprint density at radius 1 is 1.29 bits per heavy atom. The zero-order chi connectivity index (χ0) is 15.3. The summed E-state index contributed by atoms with van der Waals surface area (Å²) in [5, 5.41) is 3.76. The van der Waals surface area contributed by atoms with Crippen LogP contribution in [-0.2, 0) is 4.74 Å². The Morgan fingerprint density at radius 2 is 2.05 bits per heavy atom. The van der Waals surface area contributed by atoms with Crippen molar-refractivity contribution in [2.45, 2.75) is 83.9 Å². The topological polar surface area (TPSA) is 24.5 Å². The van der Waals surface area contributed by atoms with Crippen molar-refractivity contribution in [1.29, 1.82) is 0 Å². The van der Waals surface area contributed by atoms with Gasteiger partial charge in [-0.2, -0.15) is 0 Å². The van der Waals surface area contributed by atoms with E-state index in [4.69, 9.17) is 4.74 Å². The fourth-order valence-corrected chi connectivity index (χ4v) is 4.14. The molecule has 21 heavy (non-hydrogen) atoms. The molecule has 3 nitrogen and oxygen atoms in total. The van der Waals surface area contributed by atoms with Gasteiger partial charge in [0.05, 0.1) is 5.60 Å². The van der Waals surface area contributed by atoms with Gasteiger partial charge in [-0.3, -0.25) is 4.90 Å². The van der Waals surface area contributed by atoms with Gasteiger partial charge in [-0.05, 0) is 57.5 Å². The van der Waals surface area contributed by atoms with Crippen LogP contribution >= 0.6 is 0 Å². The predicted octanol–water partition coefficient (Wildman–Crippen LogP) is 3.43. The third-order valence-electron chi connectivity index (χ3n) is 5.54. The Balaban J connectivity index is 1.98. The molecule has 124 valence electrons. The van der Waals surface area contributed by atoms with Crippen molar-refractivity contribution in [2.75, 3.05) is 26.2 Å². The molecule has 2 aliphatic heterocycles.